The summed E-state index contributed by atoms with van der Waals surface area (Å²) >= 11 is 13.1. The molecule has 0 saturated heterocycles. The molecule has 1 heterocycles. The van der Waals surface area contributed by atoms with Crippen molar-refractivity contribution in [2.24, 2.45) is 5.10 Å². The summed E-state index contributed by atoms with van der Waals surface area (Å²) < 4.78 is 12.8. The second-order valence-corrected chi connectivity index (χ2v) is 10.8. The topological polar surface area (TPSA) is 65.7 Å². The number of fused-ring (bicyclic) bond motifs is 1. The van der Waals surface area contributed by atoms with Crippen LogP contribution >= 0.6 is 23.2 Å². The number of hydrogen-bond acceptors (Lipinski definition) is 5. The van der Waals surface area contributed by atoms with Crippen molar-refractivity contribution in [2.45, 2.75) is 33.3 Å². The maximum atomic E-state index is 13.7. The Kier molecular flexibility index (Phi) is 8.43. The van der Waals surface area contributed by atoms with Gasteiger partial charge in [0.1, 0.15) is 12.4 Å². The highest BCUT2D eigenvalue weighted by Crippen LogP contribution is 2.35. The van der Waals surface area contributed by atoms with Crippen molar-refractivity contribution in [1.29, 1.82) is 0 Å². The summed E-state index contributed by atoms with van der Waals surface area (Å²) in [6, 6.07) is 24.4. The average Bonchev–Trinajstić information content (AvgIpc) is 2.96. The first-order chi connectivity index (χ1) is 19.8. The summed E-state index contributed by atoms with van der Waals surface area (Å²) in [5.41, 5.74) is 4.60. The lowest BCUT2D eigenvalue weighted by Crippen LogP contribution is -2.20. The quantitative estimate of drug-likeness (QED) is 0.172. The molecule has 1 aromatic heterocycles. The van der Waals surface area contributed by atoms with Crippen LogP contribution in [0.3, 0.4) is 0 Å². The fourth-order valence-corrected chi connectivity index (χ4v) is 5.23. The van der Waals surface area contributed by atoms with E-state index in [4.69, 9.17) is 37.7 Å². The highest BCUT2D eigenvalue weighted by Gasteiger charge is 2.18. The van der Waals surface area contributed by atoms with Gasteiger partial charge in [0.25, 0.3) is 5.56 Å². The molecule has 0 fully saturated rings. The zero-order valence-electron chi connectivity index (χ0n) is 23.2. The molecule has 208 valence electrons. The molecule has 41 heavy (non-hydrogen) atoms. The Hall–Kier alpha value is -4.13. The number of rotatable bonds is 8. The highest BCUT2D eigenvalue weighted by atomic mass is 35.5. The van der Waals surface area contributed by atoms with Crippen LogP contribution in [0.15, 0.2) is 88.8 Å². The third-order valence-corrected chi connectivity index (χ3v) is 7.32. The van der Waals surface area contributed by atoms with Gasteiger partial charge in [-0.25, -0.2) is 4.98 Å². The molecule has 0 radical (unpaired) electrons. The van der Waals surface area contributed by atoms with Crippen molar-refractivity contribution in [1.82, 2.24) is 9.66 Å². The van der Waals surface area contributed by atoms with E-state index in [1.54, 1.807) is 31.5 Å². The Morgan fingerprint density at radius 1 is 0.976 bits per heavy atom. The van der Waals surface area contributed by atoms with E-state index < -0.39 is 0 Å². The van der Waals surface area contributed by atoms with Gasteiger partial charge in [-0.05, 0) is 71.5 Å². The molecule has 0 atom stereocenters. The molecule has 0 spiro atoms. The molecule has 0 amide bonds. The van der Waals surface area contributed by atoms with Gasteiger partial charge in [0, 0.05) is 5.56 Å². The zero-order chi connectivity index (χ0) is 29.1. The average molecular weight is 587 g/mol. The van der Waals surface area contributed by atoms with Gasteiger partial charge in [0.15, 0.2) is 11.6 Å². The molecule has 0 saturated carbocycles. The number of hydrogen-bond donors (Lipinski definition) is 0. The van der Waals surface area contributed by atoms with Crippen LogP contribution in [0.4, 0.5) is 0 Å². The van der Waals surface area contributed by atoms with Crippen molar-refractivity contribution < 1.29 is 9.47 Å². The molecule has 5 aromatic rings. The van der Waals surface area contributed by atoms with Crippen molar-refractivity contribution in [2.75, 3.05) is 7.11 Å². The van der Waals surface area contributed by atoms with Crippen LogP contribution in [0.5, 0.6) is 11.5 Å². The summed E-state index contributed by atoms with van der Waals surface area (Å²) in [4.78, 5) is 18.6. The standard InChI is InChI=1S/C33H29Cl2N3O3/c1-20(2)25-17-26(21(3)14-30(25)40-4)32-37-29-13-9-8-12-24(29)33(39)38(32)36-18-23-15-27(34)31(28(35)16-23)41-19-22-10-6-5-7-11-22/h5-18,20H,19H2,1-4H3. The minimum Gasteiger partial charge on any atom is -0.496 e. The number of halogens is 2. The van der Waals surface area contributed by atoms with E-state index in [-0.39, 0.29) is 11.5 Å². The Morgan fingerprint density at radius 2 is 1.66 bits per heavy atom. The molecular weight excluding hydrogens is 557 g/mol. The number of methoxy groups -OCH3 is 1. The van der Waals surface area contributed by atoms with Gasteiger partial charge in [-0.3, -0.25) is 4.79 Å². The molecule has 0 bridgehead atoms. The Morgan fingerprint density at radius 3 is 2.34 bits per heavy atom. The van der Waals surface area contributed by atoms with Crippen LogP contribution in [0.1, 0.15) is 42.0 Å². The molecule has 5 rings (SSSR count). The van der Waals surface area contributed by atoms with E-state index in [0.717, 1.165) is 28.0 Å². The first-order valence-corrected chi connectivity index (χ1v) is 13.9. The lowest BCUT2D eigenvalue weighted by Gasteiger charge is -2.17. The minimum atomic E-state index is -0.289. The summed E-state index contributed by atoms with van der Waals surface area (Å²) in [6.45, 7) is 6.48. The maximum Gasteiger partial charge on any atom is 0.282 e. The first kappa shape index (κ1) is 28.4. The summed E-state index contributed by atoms with van der Waals surface area (Å²) in [7, 11) is 1.66. The fraction of sp³-hybridized carbons (Fsp3) is 0.182. The predicted molar refractivity (Wildman–Crippen MR) is 167 cm³/mol. The van der Waals surface area contributed by atoms with Gasteiger partial charge in [-0.15, -0.1) is 0 Å². The van der Waals surface area contributed by atoms with Gasteiger partial charge in [0.2, 0.25) is 0 Å². The van der Waals surface area contributed by atoms with Gasteiger partial charge < -0.3 is 9.47 Å². The van der Waals surface area contributed by atoms with Gasteiger partial charge in [-0.2, -0.15) is 9.78 Å². The molecule has 0 unspecified atom stereocenters. The van der Waals surface area contributed by atoms with Crippen molar-refractivity contribution in [3.63, 3.8) is 0 Å². The van der Waals surface area contributed by atoms with Gasteiger partial charge in [0.05, 0.1) is 34.3 Å². The third kappa shape index (κ3) is 5.99. The van der Waals surface area contributed by atoms with E-state index in [9.17, 15) is 4.79 Å². The summed E-state index contributed by atoms with van der Waals surface area (Å²) in [6.07, 6.45) is 1.54. The SMILES string of the molecule is COc1cc(C)c(-c2nc3ccccc3c(=O)n2N=Cc2cc(Cl)c(OCc3ccccc3)c(Cl)c2)cc1C(C)C. The second-order valence-electron chi connectivity index (χ2n) is 9.97. The van der Waals surface area contributed by atoms with E-state index in [0.29, 0.717) is 44.7 Å². The molecule has 0 aliphatic rings. The molecule has 8 heteroatoms. The molecule has 0 aliphatic heterocycles. The Balaban J connectivity index is 1.58. The number of para-hydroxylation sites is 1. The normalized spacial score (nSPS) is 11.5. The van der Waals surface area contributed by atoms with Crippen LogP contribution in [0.25, 0.3) is 22.3 Å². The number of aryl methyl sites for hydroxylation is 1. The number of nitrogens with zero attached hydrogens (tertiary/aromatic N) is 3. The maximum absolute atomic E-state index is 13.7. The van der Waals surface area contributed by atoms with E-state index in [1.807, 2.05) is 67.6 Å². The smallest absolute Gasteiger partial charge is 0.282 e. The van der Waals surface area contributed by atoms with Crippen LogP contribution in [0.2, 0.25) is 10.0 Å². The van der Waals surface area contributed by atoms with E-state index >= 15 is 0 Å². The summed E-state index contributed by atoms with van der Waals surface area (Å²) in [5.74, 6) is 1.79. The molecule has 6 nitrogen and oxygen atoms in total. The highest BCUT2D eigenvalue weighted by molar-refractivity contribution is 6.37. The van der Waals surface area contributed by atoms with Crippen LogP contribution in [-0.4, -0.2) is 23.0 Å². The minimum absolute atomic E-state index is 0.195. The zero-order valence-corrected chi connectivity index (χ0v) is 24.7. The van der Waals surface area contributed by atoms with Crippen LogP contribution in [-0.2, 0) is 6.61 Å². The third-order valence-electron chi connectivity index (χ3n) is 6.76. The predicted octanol–water partition coefficient (Wildman–Crippen LogP) is 8.27. The molecule has 4 aromatic carbocycles. The van der Waals surface area contributed by atoms with E-state index in [2.05, 4.69) is 18.9 Å². The lowest BCUT2D eigenvalue weighted by atomic mass is 9.96. The largest absolute Gasteiger partial charge is 0.496 e. The fourth-order valence-electron chi connectivity index (χ4n) is 4.62. The lowest BCUT2D eigenvalue weighted by molar-refractivity contribution is 0.306. The Bertz CT molecular complexity index is 1790. The molecule has 0 N–H and O–H groups in total. The molecular formula is C33H29Cl2N3O3. The van der Waals surface area contributed by atoms with Crippen molar-refractivity contribution in [3.05, 3.63) is 122 Å². The van der Waals surface area contributed by atoms with Gasteiger partial charge in [-0.1, -0.05) is 79.5 Å². The van der Waals surface area contributed by atoms with Crippen molar-refractivity contribution in [3.8, 4) is 22.9 Å². The summed E-state index contributed by atoms with van der Waals surface area (Å²) in [5, 5.41) is 5.73. The van der Waals surface area contributed by atoms with Crippen molar-refractivity contribution >= 4 is 40.3 Å². The molecule has 0 aliphatic carbocycles. The van der Waals surface area contributed by atoms with E-state index in [1.165, 1.54) is 4.68 Å². The number of benzene rings is 4. The number of aromatic nitrogens is 2. The number of ether oxygens (including phenoxy) is 2. The van der Waals surface area contributed by atoms with Crippen LogP contribution < -0.4 is 15.0 Å². The van der Waals surface area contributed by atoms with Gasteiger partial charge >= 0.3 is 0 Å². The van der Waals surface area contributed by atoms with Crippen LogP contribution in [0, 0.1) is 6.92 Å². The Labute approximate surface area is 248 Å². The first-order valence-electron chi connectivity index (χ1n) is 13.2. The monoisotopic (exact) mass is 585 g/mol. The second kappa shape index (κ2) is 12.2.